The predicted octanol–water partition coefficient (Wildman–Crippen LogP) is 3.38. The van der Waals surface area contributed by atoms with Gasteiger partial charge in [-0.2, -0.15) is 0 Å². The lowest BCUT2D eigenvalue weighted by Crippen LogP contribution is -2.22. The fourth-order valence-electron chi connectivity index (χ4n) is 2.36. The number of aromatic nitrogens is 1. The highest BCUT2D eigenvalue weighted by atomic mass is 32.2. The molecule has 144 valence electrons. The van der Waals surface area contributed by atoms with E-state index >= 15 is 0 Å². The lowest BCUT2D eigenvalue weighted by atomic mass is 10.2. The zero-order chi connectivity index (χ0) is 20.1. The maximum absolute atomic E-state index is 12.5. The number of anilines is 1. The number of hydrogen-bond donors (Lipinski definition) is 1. The number of nitrogens with zero attached hydrogens (tertiary/aromatic N) is 2. The van der Waals surface area contributed by atoms with Crippen LogP contribution in [0.1, 0.15) is 10.4 Å². The summed E-state index contributed by atoms with van der Waals surface area (Å²) in [5, 5.41) is 2.74. The molecule has 8 heteroatoms. The van der Waals surface area contributed by atoms with Crippen LogP contribution in [0.15, 0.2) is 78.0 Å². The van der Waals surface area contributed by atoms with Gasteiger partial charge in [0.05, 0.1) is 4.90 Å². The van der Waals surface area contributed by atoms with Crippen LogP contribution in [0.3, 0.4) is 0 Å². The van der Waals surface area contributed by atoms with Crippen molar-refractivity contribution in [2.75, 3.05) is 19.4 Å². The number of benzene rings is 2. The second kappa shape index (κ2) is 8.20. The van der Waals surface area contributed by atoms with Crippen LogP contribution in [-0.2, 0) is 10.0 Å². The minimum absolute atomic E-state index is 0.0613. The molecule has 28 heavy (non-hydrogen) atoms. The van der Waals surface area contributed by atoms with Crippen molar-refractivity contribution in [1.29, 1.82) is 0 Å². The first-order chi connectivity index (χ1) is 13.4. The van der Waals surface area contributed by atoms with Gasteiger partial charge in [0.25, 0.3) is 5.91 Å². The molecule has 0 unspecified atom stereocenters. The second-order valence-electron chi connectivity index (χ2n) is 6.08. The molecule has 0 atom stereocenters. The minimum Gasteiger partial charge on any atom is -0.457 e. The van der Waals surface area contributed by atoms with Gasteiger partial charge in [0, 0.05) is 37.7 Å². The molecule has 1 N–H and O–H groups in total. The number of sulfonamides is 1. The van der Waals surface area contributed by atoms with Gasteiger partial charge in [-0.1, -0.05) is 6.07 Å². The maximum atomic E-state index is 12.5. The van der Waals surface area contributed by atoms with E-state index in [2.05, 4.69) is 10.3 Å². The molecule has 0 saturated heterocycles. The van der Waals surface area contributed by atoms with E-state index in [9.17, 15) is 13.2 Å². The Balaban J connectivity index is 1.71. The van der Waals surface area contributed by atoms with Gasteiger partial charge in [-0.3, -0.25) is 9.78 Å². The van der Waals surface area contributed by atoms with Gasteiger partial charge in [-0.05, 0) is 54.6 Å². The molecule has 1 heterocycles. The number of nitrogens with one attached hydrogen (secondary N) is 1. The van der Waals surface area contributed by atoms with Crippen LogP contribution in [0.25, 0.3) is 0 Å². The van der Waals surface area contributed by atoms with Gasteiger partial charge in [0.2, 0.25) is 10.0 Å². The van der Waals surface area contributed by atoms with Crippen molar-refractivity contribution >= 4 is 21.6 Å². The molecule has 1 aromatic heterocycles. The first kappa shape index (κ1) is 19.5. The van der Waals surface area contributed by atoms with E-state index in [0.29, 0.717) is 17.2 Å². The number of amides is 1. The zero-order valence-corrected chi connectivity index (χ0v) is 16.2. The van der Waals surface area contributed by atoms with Crippen LogP contribution in [0.5, 0.6) is 11.5 Å². The van der Waals surface area contributed by atoms with Crippen molar-refractivity contribution in [1.82, 2.24) is 9.29 Å². The number of hydrogen-bond acceptors (Lipinski definition) is 5. The third kappa shape index (κ3) is 4.54. The third-order valence-corrected chi connectivity index (χ3v) is 5.68. The molecule has 0 spiro atoms. The van der Waals surface area contributed by atoms with Gasteiger partial charge < -0.3 is 10.1 Å². The summed E-state index contributed by atoms with van der Waals surface area (Å²) in [6.45, 7) is 0. The van der Waals surface area contributed by atoms with Crippen LogP contribution < -0.4 is 10.1 Å². The lowest BCUT2D eigenvalue weighted by molar-refractivity contribution is 0.102. The smallest absolute Gasteiger partial charge is 0.255 e. The van der Waals surface area contributed by atoms with E-state index < -0.39 is 15.9 Å². The SMILES string of the molecule is CN(C)S(=O)(=O)c1cccc(C(=O)Nc2ccc(Oc3ccncc3)cc2)c1. The number of carbonyl (C=O) groups excluding carboxylic acids is 1. The Bertz CT molecular complexity index is 1070. The molecular weight excluding hydrogens is 378 g/mol. The van der Waals surface area contributed by atoms with Crippen molar-refractivity contribution in [3.63, 3.8) is 0 Å². The summed E-state index contributed by atoms with van der Waals surface area (Å²) in [7, 11) is -0.725. The topological polar surface area (TPSA) is 88.6 Å². The quantitative estimate of drug-likeness (QED) is 0.689. The summed E-state index contributed by atoms with van der Waals surface area (Å²) in [5.41, 5.74) is 0.813. The first-order valence-electron chi connectivity index (χ1n) is 8.38. The van der Waals surface area contributed by atoms with Crippen molar-refractivity contribution in [2.24, 2.45) is 0 Å². The van der Waals surface area contributed by atoms with E-state index in [1.54, 1.807) is 54.9 Å². The highest BCUT2D eigenvalue weighted by molar-refractivity contribution is 7.89. The van der Waals surface area contributed by atoms with E-state index in [1.807, 2.05) is 0 Å². The number of ether oxygens (including phenoxy) is 1. The molecular formula is C20H19N3O4S. The first-order valence-corrected chi connectivity index (χ1v) is 9.82. The van der Waals surface area contributed by atoms with Gasteiger partial charge in [0.1, 0.15) is 11.5 Å². The molecule has 2 aromatic carbocycles. The highest BCUT2D eigenvalue weighted by Crippen LogP contribution is 2.23. The van der Waals surface area contributed by atoms with Crippen LogP contribution >= 0.6 is 0 Å². The Morgan fingerprint density at radius 2 is 1.61 bits per heavy atom. The lowest BCUT2D eigenvalue weighted by Gasteiger charge is -2.12. The monoisotopic (exact) mass is 397 g/mol. The van der Waals surface area contributed by atoms with E-state index in [0.717, 1.165) is 4.31 Å². The Hall–Kier alpha value is -3.23. The maximum Gasteiger partial charge on any atom is 0.255 e. The third-order valence-electron chi connectivity index (χ3n) is 3.87. The van der Waals surface area contributed by atoms with Gasteiger partial charge in [0.15, 0.2) is 0 Å². The molecule has 0 fully saturated rings. The van der Waals surface area contributed by atoms with Gasteiger partial charge in [-0.25, -0.2) is 12.7 Å². The molecule has 1 amide bonds. The minimum atomic E-state index is -3.61. The Morgan fingerprint density at radius 3 is 2.25 bits per heavy atom. The molecule has 0 saturated carbocycles. The second-order valence-corrected chi connectivity index (χ2v) is 8.23. The predicted molar refractivity (Wildman–Crippen MR) is 106 cm³/mol. The molecule has 0 aliphatic heterocycles. The summed E-state index contributed by atoms with van der Waals surface area (Å²) < 4.78 is 31.2. The molecule has 0 aliphatic rings. The van der Waals surface area contributed by atoms with Crippen LogP contribution in [0.4, 0.5) is 5.69 Å². The zero-order valence-electron chi connectivity index (χ0n) is 15.4. The molecule has 0 radical (unpaired) electrons. The highest BCUT2D eigenvalue weighted by Gasteiger charge is 2.18. The normalized spacial score (nSPS) is 11.2. The average Bonchev–Trinajstić information content (AvgIpc) is 2.70. The molecule has 3 aromatic rings. The van der Waals surface area contributed by atoms with Gasteiger partial charge in [-0.15, -0.1) is 0 Å². The van der Waals surface area contributed by atoms with Crippen LogP contribution in [0.2, 0.25) is 0 Å². The summed E-state index contributed by atoms with van der Waals surface area (Å²) in [5.74, 6) is 0.868. The van der Waals surface area contributed by atoms with Gasteiger partial charge >= 0.3 is 0 Å². The largest absolute Gasteiger partial charge is 0.457 e. The van der Waals surface area contributed by atoms with E-state index in [-0.39, 0.29) is 10.5 Å². The molecule has 7 nitrogen and oxygen atoms in total. The Labute approximate surface area is 163 Å². The van der Waals surface area contributed by atoms with Crippen molar-refractivity contribution in [2.45, 2.75) is 4.90 Å². The van der Waals surface area contributed by atoms with E-state index in [4.69, 9.17) is 4.74 Å². The summed E-state index contributed by atoms with van der Waals surface area (Å²) in [4.78, 5) is 16.5. The summed E-state index contributed by atoms with van der Waals surface area (Å²) in [6, 6.07) is 16.2. The van der Waals surface area contributed by atoms with Crippen LogP contribution in [-0.4, -0.2) is 37.7 Å². The standard InChI is InChI=1S/C20H19N3O4S/c1-23(2)28(25,26)19-5-3-4-15(14-19)20(24)22-16-6-8-17(9-7-16)27-18-10-12-21-13-11-18/h3-14H,1-2H3,(H,22,24). The fraction of sp³-hybridized carbons (Fsp3) is 0.100. The van der Waals surface area contributed by atoms with E-state index in [1.165, 1.54) is 32.3 Å². The number of rotatable bonds is 6. The van der Waals surface area contributed by atoms with Crippen LogP contribution in [0, 0.1) is 0 Å². The molecule has 3 rings (SSSR count). The fourth-order valence-corrected chi connectivity index (χ4v) is 3.31. The Morgan fingerprint density at radius 1 is 0.964 bits per heavy atom. The number of pyridine rings is 1. The van der Waals surface area contributed by atoms with Crippen molar-refractivity contribution < 1.29 is 17.9 Å². The average molecular weight is 397 g/mol. The summed E-state index contributed by atoms with van der Waals surface area (Å²) in [6.07, 6.45) is 3.27. The number of carbonyl (C=O) groups is 1. The molecule has 0 aliphatic carbocycles. The van der Waals surface area contributed by atoms with Crippen molar-refractivity contribution in [3.05, 3.63) is 78.6 Å². The molecule has 0 bridgehead atoms. The van der Waals surface area contributed by atoms with Crippen molar-refractivity contribution in [3.8, 4) is 11.5 Å². The Kier molecular flexibility index (Phi) is 5.72. The summed E-state index contributed by atoms with van der Waals surface area (Å²) >= 11 is 0.